The number of sulfone groups is 1. The third-order valence-corrected chi connectivity index (χ3v) is 7.80. The van der Waals surface area contributed by atoms with Crippen molar-refractivity contribution in [2.45, 2.75) is 49.2 Å². The molecule has 30 heavy (non-hydrogen) atoms. The lowest BCUT2D eigenvalue weighted by Gasteiger charge is -2.31. The third kappa shape index (κ3) is 6.47. The molecule has 6 heteroatoms. The lowest BCUT2D eigenvalue weighted by atomic mass is 10.1. The molecule has 0 N–H and O–H groups in total. The molecule has 3 rings (SSSR count). The molecule has 5 nitrogen and oxygen atoms in total. The van der Waals surface area contributed by atoms with Gasteiger partial charge in [-0.15, -0.1) is 0 Å². The van der Waals surface area contributed by atoms with Crippen molar-refractivity contribution in [2.24, 2.45) is 0 Å². The van der Waals surface area contributed by atoms with Gasteiger partial charge >= 0.3 is 0 Å². The molecule has 0 radical (unpaired) electrons. The Hall–Kier alpha value is -2.05. The Balaban J connectivity index is 1.42. The summed E-state index contributed by atoms with van der Waals surface area (Å²) in [5, 5.41) is -0.304. The van der Waals surface area contributed by atoms with E-state index < -0.39 is 9.84 Å². The third-order valence-electron chi connectivity index (χ3n) is 5.52. The predicted molar refractivity (Wildman–Crippen MR) is 120 cm³/mol. The number of nitrogens with zero attached hydrogens (tertiary/aromatic N) is 1. The van der Waals surface area contributed by atoms with Crippen LogP contribution in [0, 0.1) is 0 Å². The van der Waals surface area contributed by atoms with Gasteiger partial charge in [-0.3, -0.25) is 0 Å². The van der Waals surface area contributed by atoms with Gasteiger partial charge in [-0.2, -0.15) is 0 Å². The first-order valence-electron chi connectivity index (χ1n) is 11.0. The number of piperidine rings is 1. The first-order chi connectivity index (χ1) is 14.6. The second-order valence-electron chi connectivity index (χ2n) is 7.77. The van der Waals surface area contributed by atoms with E-state index in [2.05, 4.69) is 11.8 Å². The number of likely N-dealkylation sites (tertiary alicyclic amines) is 1. The van der Waals surface area contributed by atoms with Crippen molar-refractivity contribution in [3.05, 3.63) is 54.6 Å². The topological polar surface area (TPSA) is 55.8 Å². The Morgan fingerprint density at radius 1 is 0.867 bits per heavy atom. The van der Waals surface area contributed by atoms with Gasteiger partial charge in [0.1, 0.15) is 11.5 Å². The maximum Gasteiger partial charge on any atom is 0.181 e. The molecule has 164 valence electrons. The molecule has 2 aromatic carbocycles. The maximum atomic E-state index is 13.0. The van der Waals surface area contributed by atoms with Crippen LogP contribution in [0.2, 0.25) is 0 Å². The minimum absolute atomic E-state index is 0.304. The van der Waals surface area contributed by atoms with Crippen molar-refractivity contribution in [2.75, 3.05) is 32.8 Å². The fourth-order valence-corrected chi connectivity index (χ4v) is 5.42. The molecular formula is C24H33NO4S. The number of unbranched alkanes of at least 4 members (excludes halogenated alkanes) is 1. The van der Waals surface area contributed by atoms with Crippen LogP contribution in [0.25, 0.3) is 0 Å². The van der Waals surface area contributed by atoms with Gasteiger partial charge in [-0.1, -0.05) is 31.5 Å². The first kappa shape index (κ1) is 22.6. The van der Waals surface area contributed by atoms with Gasteiger partial charge in [-0.05, 0) is 75.2 Å². The Kier molecular flexibility index (Phi) is 8.58. The van der Waals surface area contributed by atoms with E-state index in [0.717, 1.165) is 50.4 Å². The fourth-order valence-electron chi connectivity index (χ4n) is 3.69. The molecular weight excluding hydrogens is 398 g/mol. The van der Waals surface area contributed by atoms with Crippen molar-refractivity contribution < 1.29 is 17.9 Å². The quantitative estimate of drug-likeness (QED) is 0.488. The molecule has 0 unspecified atom stereocenters. The summed E-state index contributed by atoms with van der Waals surface area (Å²) in [4.78, 5) is 2.74. The first-order valence-corrected chi connectivity index (χ1v) is 12.5. The smallest absolute Gasteiger partial charge is 0.181 e. The normalized spacial score (nSPS) is 15.8. The largest absolute Gasteiger partial charge is 0.494 e. The average molecular weight is 432 g/mol. The van der Waals surface area contributed by atoms with Gasteiger partial charge in [0.15, 0.2) is 9.84 Å². The minimum atomic E-state index is -3.30. The zero-order valence-corrected chi connectivity index (χ0v) is 18.6. The number of rotatable bonds is 11. The van der Waals surface area contributed by atoms with Gasteiger partial charge in [0.2, 0.25) is 0 Å². The van der Waals surface area contributed by atoms with Crippen LogP contribution in [0.5, 0.6) is 11.5 Å². The molecule has 1 aliphatic heterocycles. The Morgan fingerprint density at radius 2 is 1.47 bits per heavy atom. The Morgan fingerprint density at radius 3 is 2.10 bits per heavy atom. The van der Waals surface area contributed by atoms with Gasteiger partial charge < -0.3 is 14.4 Å². The SMILES string of the molecule is CCCCOc1ccc(S(=O)(=O)C2CCN(CCCOc3ccccc3)CC2)cc1. The van der Waals surface area contributed by atoms with Gasteiger partial charge in [0, 0.05) is 6.54 Å². The van der Waals surface area contributed by atoms with E-state index in [-0.39, 0.29) is 5.25 Å². The molecule has 0 saturated carbocycles. The highest BCUT2D eigenvalue weighted by Crippen LogP contribution is 2.26. The monoisotopic (exact) mass is 431 g/mol. The Labute approximate surface area is 180 Å². The highest BCUT2D eigenvalue weighted by molar-refractivity contribution is 7.92. The standard InChI is InChI=1S/C24H33NO4S/c1-2-3-19-28-22-10-12-23(13-11-22)30(26,27)24-14-17-25(18-15-24)16-7-20-29-21-8-5-4-6-9-21/h4-6,8-13,24H,2-3,7,14-20H2,1H3. The Bertz CT molecular complexity index is 845. The van der Waals surface area contributed by atoms with Crippen molar-refractivity contribution >= 4 is 9.84 Å². The molecule has 1 heterocycles. The van der Waals surface area contributed by atoms with E-state index >= 15 is 0 Å². The maximum absolute atomic E-state index is 13.0. The number of benzene rings is 2. The molecule has 0 bridgehead atoms. The van der Waals surface area contributed by atoms with E-state index in [1.165, 1.54) is 0 Å². The number of hydrogen-bond donors (Lipinski definition) is 0. The highest BCUT2D eigenvalue weighted by atomic mass is 32.2. The second kappa shape index (κ2) is 11.4. The predicted octanol–water partition coefficient (Wildman–Crippen LogP) is 4.57. The zero-order chi connectivity index (χ0) is 21.2. The van der Waals surface area contributed by atoms with Crippen LogP contribution in [-0.2, 0) is 9.84 Å². The molecule has 0 atom stereocenters. The zero-order valence-electron chi connectivity index (χ0n) is 17.8. The summed E-state index contributed by atoms with van der Waals surface area (Å²) < 4.78 is 37.4. The van der Waals surface area contributed by atoms with Crippen LogP contribution in [0.1, 0.15) is 39.0 Å². The van der Waals surface area contributed by atoms with E-state index in [4.69, 9.17) is 9.47 Å². The molecule has 1 saturated heterocycles. The number of hydrogen-bond acceptors (Lipinski definition) is 5. The summed E-state index contributed by atoms with van der Waals surface area (Å²) in [6.45, 7) is 6.01. The van der Waals surface area contributed by atoms with Crippen LogP contribution in [0.3, 0.4) is 0 Å². The van der Waals surface area contributed by atoms with Gasteiger partial charge in [-0.25, -0.2) is 8.42 Å². The van der Waals surface area contributed by atoms with Crippen LogP contribution >= 0.6 is 0 Å². The fraction of sp³-hybridized carbons (Fsp3) is 0.500. The highest BCUT2D eigenvalue weighted by Gasteiger charge is 2.31. The molecule has 0 aromatic heterocycles. The summed E-state index contributed by atoms with van der Waals surface area (Å²) in [5.41, 5.74) is 0. The van der Waals surface area contributed by atoms with Crippen LogP contribution in [0.15, 0.2) is 59.5 Å². The van der Waals surface area contributed by atoms with E-state index in [1.54, 1.807) is 24.3 Å². The number of ether oxygens (including phenoxy) is 2. The van der Waals surface area contributed by atoms with E-state index in [9.17, 15) is 8.42 Å². The van der Waals surface area contributed by atoms with Gasteiger partial charge in [0.25, 0.3) is 0 Å². The van der Waals surface area contributed by atoms with Crippen molar-refractivity contribution in [3.63, 3.8) is 0 Å². The summed E-state index contributed by atoms with van der Waals surface area (Å²) in [6, 6.07) is 16.7. The van der Waals surface area contributed by atoms with Crippen molar-refractivity contribution in [1.29, 1.82) is 0 Å². The molecule has 1 fully saturated rings. The minimum Gasteiger partial charge on any atom is -0.494 e. The van der Waals surface area contributed by atoms with E-state index in [1.807, 2.05) is 30.3 Å². The summed E-state index contributed by atoms with van der Waals surface area (Å²) in [5.74, 6) is 1.62. The lowest BCUT2D eigenvalue weighted by molar-refractivity contribution is 0.206. The average Bonchev–Trinajstić information content (AvgIpc) is 2.78. The second-order valence-corrected chi connectivity index (χ2v) is 10.0. The lowest BCUT2D eigenvalue weighted by Crippen LogP contribution is -2.40. The van der Waals surface area contributed by atoms with Crippen molar-refractivity contribution in [1.82, 2.24) is 4.90 Å². The number of para-hydroxylation sites is 1. The van der Waals surface area contributed by atoms with Crippen LogP contribution in [-0.4, -0.2) is 51.4 Å². The van der Waals surface area contributed by atoms with Crippen molar-refractivity contribution in [3.8, 4) is 11.5 Å². The molecule has 0 aliphatic carbocycles. The summed E-state index contributed by atoms with van der Waals surface area (Å²) >= 11 is 0. The van der Waals surface area contributed by atoms with Crippen LogP contribution < -0.4 is 9.47 Å². The molecule has 0 amide bonds. The molecule has 1 aliphatic rings. The molecule has 0 spiro atoms. The van der Waals surface area contributed by atoms with Crippen LogP contribution in [0.4, 0.5) is 0 Å². The van der Waals surface area contributed by atoms with Gasteiger partial charge in [0.05, 0.1) is 23.4 Å². The molecule has 2 aromatic rings. The summed E-state index contributed by atoms with van der Waals surface area (Å²) in [7, 11) is -3.30. The summed E-state index contributed by atoms with van der Waals surface area (Å²) in [6.07, 6.45) is 4.36. The van der Waals surface area contributed by atoms with E-state index in [0.29, 0.717) is 31.0 Å².